The fourth-order valence-corrected chi connectivity index (χ4v) is 2.19. The van der Waals surface area contributed by atoms with E-state index in [-0.39, 0.29) is 17.5 Å². The highest BCUT2D eigenvalue weighted by Crippen LogP contribution is 2.20. The third-order valence-electron chi connectivity index (χ3n) is 3.42. The highest BCUT2D eigenvalue weighted by Gasteiger charge is 2.17. The Morgan fingerprint density at radius 3 is 2.38 bits per heavy atom. The lowest BCUT2D eigenvalue weighted by molar-refractivity contribution is 0.0990. The average Bonchev–Trinajstić information content (AvgIpc) is 3.22. The normalized spacial score (nSPS) is 10.4. The molecule has 0 radical (unpaired) electrons. The van der Waals surface area contributed by atoms with E-state index in [0.29, 0.717) is 0 Å². The van der Waals surface area contributed by atoms with Gasteiger partial charge in [-0.25, -0.2) is 0 Å². The molecule has 0 aliphatic rings. The molecule has 0 aliphatic carbocycles. The molecule has 7 heteroatoms. The fourth-order valence-electron chi connectivity index (χ4n) is 2.19. The quantitative estimate of drug-likeness (QED) is 0.766. The van der Waals surface area contributed by atoms with Crippen LogP contribution in [0.25, 0.3) is 0 Å². The molecule has 2 aromatic heterocycles. The van der Waals surface area contributed by atoms with Crippen LogP contribution >= 0.6 is 0 Å². The Labute approximate surface area is 137 Å². The molecule has 0 aliphatic heterocycles. The van der Waals surface area contributed by atoms with Crippen LogP contribution in [0.4, 0.5) is 11.7 Å². The first kappa shape index (κ1) is 15.5. The number of aromatic nitrogens is 1. The Balaban J connectivity index is 1.71. The molecule has 0 spiro atoms. The zero-order valence-corrected chi connectivity index (χ0v) is 13.1. The molecule has 2 heterocycles. The molecular weight excluding hydrogens is 310 g/mol. The van der Waals surface area contributed by atoms with Crippen molar-refractivity contribution in [2.24, 2.45) is 0 Å². The summed E-state index contributed by atoms with van der Waals surface area (Å²) in [6.07, 6.45) is 2.56. The van der Waals surface area contributed by atoms with E-state index in [1.165, 1.54) is 18.6 Å². The molecular formula is C17H15N3O4. The minimum atomic E-state index is -0.511. The second kappa shape index (κ2) is 6.41. The van der Waals surface area contributed by atoms with Crippen molar-refractivity contribution in [2.75, 3.05) is 10.6 Å². The van der Waals surface area contributed by atoms with Crippen LogP contribution in [0.15, 0.2) is 51.7 Å². The van der Waals surface area contributed by atoms with Crippen LogP contribution in [0.2, 0.25) is 0 Å². The van der Waals surface area contributed by atoms with Gasteiger partial charge in [-0.3, -0.25) is 14.9 Å². The standard InChI is InChI=1S/C17H15N3O4/c1-10-5-3-6-11(2)14(10)19-15(21)12-9-24-17(18-12)20-16(22)13-7-4-8-23-13/h3-9H,1-2H3,(H,19,21)(H,18,20,22). The lowest BCUT2D eigenvalue weighted by Gasteiger charge is -2.09. The molecule has 1 aromatic carbocycles. The van der Waals surface area contributed by atoms with Gasteiger partial charge in [0.15, 0.2) is 11.5 Å². The van der Waals surface area contributed by atoms with Gasteiger partial charge in [-0.05, 0) is 37.1 Å². The number of aryl methyl sites for hydroxylation is 2. The van der Waals surface area contributed by atoms with Crippen molar-refractivity contribution in [3.8, 4) is 0 Å². The van der Waals surface area contributed by atoms with E-state index < -0.39 is 11.8 Å². The van der Waals surface area contributed by atoms with Crippen molar-refractivity contribution < 1.29 is 18.4 Å². The molecule has 24 heavy (non-hydrogen) atoms. The van der Waals surface area contributed by atoms with Gasteiger partial charge in [0.1, 0.15) is 6.26 Å². The third kappa shape index (κ3) is 3.19. The molecule has 2 amide bonds. The van der Waals surface area contributed by atoms with Crippen molar-refractivity contribution in [1.29, 1.82) is 0 Å². The van der Waals surface area contributed by atoms with Crippen molar-refractivity contribution in [1.82, 2.24) is 4.98 Å². The van der Waals surface area contributed by atoms with Crippen molar-refractivity contribution in [3.63, 3.8) is 0 Å². The summed E-state index contributed by atoms with van der Waals surface area (Å²) in [7, 11) is 0. The number of para-hydroxylation sites is 1. The second-order valence-electron chi connectivity index (χ2n) is 5.19. The monoisotopic (exact) mass is 325 g/mol. The van der Waals surface area contributed by atoms with E-state index in [4.69, 9.17) is 8.83 Å². The van der Waals surface area contributed by atoms with Gasteiger partial charge >= 0.3 is 6.01 Å². The maximum absolute atomic E-state index is 12.3. The van der Waals surface area contributed by atoms with E-state index in [9.17, 15) is 9.59 Å². The Hall–Kier alpha value is -3.35. The smallest absolute Gasteiger partial charge is 0.302 e. The first-order valence-electron chi connectivity index (χ1n) is 7.22. The van der Waals surface area contributed by atoms with Crippen LogP contribution in [0.5, 0.6) is 0 Å². The second-order valence-corrected chi connectivity index (χ2v) is 5.19. The van der Waals surface area contributed by atoms with Crippen molar-refractivity contribution in [3.05, 3.63) is 65.4 Å². The Morgan fingerprint density at radius 2 is 1.71 bits per heavy atom. The summed E-state index contributed by atoms with van der Waals surface area (Å²) < 4.78 is 10.1. The number of nitrogens with one attached hydrogen (secondary N) is 2. The minimum absolute atomic E-state index is 0.0624. The first-order valence-corrected chi connectivity index (χ1v) is 7.22. The number of hydrogen-bond acceptors (Lipinski definition) is 5. The van der Waals surface area contributed by atoms with Gasteiger partial charge in [-0.2, -0.15) is 4.98 Å². The summed E-state index contributed by atoms with van der Waals surface area (Å²) in [5, 5.41) is 5.21. The number of benzene rings is 1. The topological polar surface area (TPSA) is 97.4 Å². The number of hydrogen-bond donors (Lipinski definition) is 2. The molecule has 122 valence electrons. The summed E-state index contributed by atoms with van der Waals surface area (Å²) in [6.45, 7) is 3.81. The first-order chi connectivity index (χ1) is 11.5. The third-order valence-corrected chi connectivity index (χ3v) is 3.42. The molecule has 3 rings (SSSR count). The molecule has 2 N–H and O–H groups in total. The van der Waals surface area contributed by atoms with Crippen LogP contribution in [0.1, 0.15) is 32.2 Å². The Bertz CT molecular complexity index is 861. The van der Waals surface area contributed by atoms with Crippen LogP contribution in [0, 0.1) is 13.8 Å². The molecule has 0 bridgehead atoms. The number of oxazole rings is 1. The van der Waals surface area contributed by atoms with Crippen LogP contribution in [-0.4, -0.2) is 16.8 Å². The number of amides is 2. The largest absolute Gasteiger partial charge is 0.459 e. The summed E-state index contributed by atoms with van der Waals surface area (Å²) in [5.41, 5.74) is 2.68. The molecule has 0 fully saturated rings. The van der Waals surface area contributed by atoms with Gasteiger partial charge < -0.3 is 14.2 Å². The molecule has 0 saturated heterocycles. The van der Waals surface area contributed by atoms with Gasteiger partial charge in [0.05, 0.1) is 6.26 Å². The van der Waals surface area contributed by atoms with Crippen LogP contribution < -0.4 is 10.6 Å². The summed E-state index contributed by atoms with van der Waals surface area (Å²) >= 11 is 0. The van der Waals surface area contributed by atoms with E-state index in [2.05, 4.69) is 15.6 Å². The number of furan rings is 1. The Morgan fingerprint density at radius 1 is 0.958 bits per heavy atom. The van der Waals surface area contributed by atoms with Crippen LogP contribution in [0.3, 0.4) is 0 Å². The average molecular weight is 325 g/mol. The van der Waals surface area contributed by atoms with Gasteiger partial charge in [-0.1, -0.05) is 18.2 Å². The molecule has 0 unspecified atom stereocenters. The Kier molecular flexibility index (Phi) is 4.15. The van der Waals surface area contributed by atoms with Crippen molar-refractivity contribution >= 4 is 23.5 Å². The predicted octanol–water partition coefficient (Wildman–Crippen LogP) is 3.39. The zero-order valence-electron chi connectivity index (χ0n) is 13.1. The van der Waals surface area contributed by atoms with E-state index >= 15 is 0 Å². The van der Waals surface area contributed by atoms with Gasteiger partial charge in [-0.15, -0.1) is 0 Å². The van der Waals surface area contributed by atoms with Gasteiger partial charge in [0.2, 0.25) is 0 Å². The van der Waals surface area contributed by atoms with Crippen LogP contribution in [-0.2, 0) is 0 Å². The predicted molar refractivity (Wildman–Crippen MR) is 87.0 cm³/mol. The summed E-state index contributed by atoms with van der Waals surface area (Å²) in [6, 6.07) is 8.74. The summed E-state index contributed by atoms with van der Waals surface area (Å²) in [4.78, 5) is 28.1. The number of carbonyl (C=O) groups is 2. The number of rotatable bonds is 4. The highest BCUT2D eigenvalue weighted by atomic mass is 16.4. The minimum Gasteiger partial charge on any atom is -0.459 e. The number of anilines is 2. The van der Waals surface area contributed by atoms with Gasteiger partial charge in [0.25, 0.3) is 11.8 Å². The van der Waals surface area contributed by atoms with E-state index in [0.717, 1.165) is 16.8 Å². The number of nitrogens with zero attached hydrogens (tertiary/aromatic N) is 1. The fraction of sp³-hybridized carbons (Fsp3) is 0.118. The number of carbonyl (C=O) groups excluding carboxylic acids is 2. The highest BCUT2D eigenvalue weighted by molar-refractivity contribution is 6.04. The maximum Gasteiger partial charge on any atom is 0.302 e. The lowest BCUT2D eigenvalue weighted by atomic mass is 10.1. The van der Waals surface area contributed by atoms with E-state index in [1.807, 2.05) is 32.0 Å². The molecule has 7 nitrogen and oxygen atoms in total. The SMILES string of the molecule is Cc1cccc(C)c1NC(=O)c1coc(NC(=O)c2ccco2)n1. The van der Waals surface area contributed by atoms with Gasteiger partial charge in [0, 0.05) is 5.69 Å². The summed E-state index contributed by atoms with van der Waals surface area (Å²) in [5.74, 6) is -0.812. The maximum atomic E-state index is 12.3. The lowest BCUT2D eigenvalue weighted by Crippen LogP contribution is -2.15. The zero-order chi connectivity index (χ0) is 17.1. The van der Waals surface area contributed by atoms with Crippen molar-refractivity contribution in [2.45, 2.75) is 13.8 Å². The van der Waals surface area contributed by atoms with E-state index in [1.54, 1.807) is 6.07 Å². The molecule has 3 aromatic rings. The molecule has 0 saturated carbocycles. The molecule has 0 atom stereocenters.